The fourth-order valence-electron chi connectivity index (χ4n) is 3.88. The molecular formula is C26H27N5O2S. The number of para-hydroxylation sites is 1. The third-order valence-electron chi connectivity index (χ3n) is 5.71. The average Bonchev–Trinajstić information content (AvgIpc) is 2.88. The van der Waals surface area contributed by atoms with Crippen molar-refractivity contribution < 1.29 is 9.90 Å². The smallest absolute Gasteiger partial charge is 0.251 e. The number of benzene rings is 2. The van der Waals surface area contributed by atoms with Crippen molar-refractivity contribution in [3.8, 4) is 11.3 Å². The highest BCUT2D eigenvalue weighted by Crippen LogP contribution is 2.33. The number of thioether (sulfide) groups is 1. The first-order valence-corrected chi connectivity index (χ1v) is 12.3. The lowest BCUT2D eigenvalue weighted by Gasteiger charge is -2.18. The van der Waals surface area contributed by atoms with Crippen LogP contribution in [0, 0.1) is 0 Å². The Hall–Kier alpha value is -3.49. The number of anilines is 1. The third kappa shape index (κ3) is 5.03. The molecule has 2 atom stereocenters. The van der Waals surface area contributed by atoms with Gasteiger partial charge < -0.3 is 15.7 Å². The number of carbonyl (C=O) groups is 1. The molecule has 4 rings (SSSR count). The minimum Gasteiger partial charge on any atom is -0.389 e. The third-order valence-corrected chi connectivity index (χ3v) is 6.70. The Morgan fingerprint density at radius 1 is 1.09 bits per heavy atom. The number of hydrogen-bond acceptors (Lipinski definition) is 7. The van der Waals surface area contributed by atoms with Gasteiger partial charge in [0.2, 0.25) is 0 Å². The largest absolute Gasteiger partial charge is 0.389 e. The number of rotatable bonds is 8. The molecule has 174 valence electrons. The molecule has 2 aromatic heterocycles. The molecule has 4 aromatic rings. The van der Waals surface area contributed by atoms with Crippen LogP contribution in [-0.2, 0) is 0 Å². The molecule has 1 amide bonds. The van der Waals surface area contributed by atoms with Crippen LogP contribution in [0.1, 0.15) is 39.8 Å². The van der Waals surface area contributed by atoms with Gasteiger partial charge in [-0.3, -0.25) is 9.78 Å². The van der Waals surface area contributed by atoms with Gasteiger partial charge in [-0.25, -0.2) is 9.97 Å². The molecule has 0 aliphatic carbocycles. The van der Waals surface area contributed by atoms with Crippen molar-refractivity contribution in [3.05, 3.63) is 83.8 Å². The molecule has 0 bridgehead atoms. The Labute approximate surface area is 203 Å². The van der Waals surface area contributed by atoms with E-state index in [2.05, 4.69) is 37.9 Å². The first-order chi connectivity index (χ1) is 16.5. The summed E-state index contributed by atoms with van der Waals surface area (Å²) in [4.78, 5) is 25.7. The highest BCUT2D eigenvalue weighted by molar-refractivity contribution is 7.98. The zero-order chi connectivity index (χ0) is 24.1. The molecule has 0 saturated heterocycles. The zero-order valence-electron chi connectivity index (χ0n) is 19.3. The van der Waals surface area contributed by atoms with E-state index in [1.165, 1.54) is 6.33 Å². The van der Waals surface area contributed by atoms with Crippen molar-refractivity contribution in [2.75, 3.05) is 25.2 Å². The number of fused-ring (bicyclic) bond motifs is 1. The lowest BCUT2D eigenvalue weighted by Crippen LogP contribution is -2.18. The highest BCUT2D eigenvalue weighted by Gasteiger charge is 2.17. The number of hydrogen-bond donors (Lipinski definition) is 3. The highest BCUT2D eigenvalue weighted by atomic mass is 32.2. The van der Waals surface area contributed by atoms with Gasteiger partial charge >= 0.3 is 0 Å². The molecule has 2 heterocycles. The van der Waals surface area contributed by atoms with Gasteiger partial charge in [0.1, 0.15) is 12.1 Å². The van der Waals surface area contributed by atoms with E-state index in [9.17, 15) is 9.90 Å². The Morgan fingerprint density at radius 2 is 1.91 bits per heavy atom. The van der Waals surface area contributed by atoms with Crippen molar-refractivity contribution in [1.29, 1.82) is 0 Å². The maximum Gasteiger partial charge on any atom is 0.251 e. The summed E-state index contributed by atoms with van der Waals surface area (Å²) in [5, 5.41) is 16.9. The minimum atomic E-state index is -0.542. The van der Waals surface area contributed by atoms with E-state index in [0.717, 1.165) is 33.3 Å². The van der Waals surface area contributed by atoms with Crippen LogP contribution in [-0.4, -0.2) is 45.8 Å². The zero-order valence-corrected chi connectivity index (χ0v) is 20.1. The van der Waals surface area contributed by atoms with Crippen LogP contribution in [0.5, 0.6) is 0 Å². The number of aliphatic hydroxyl groups excluding tert-OH is 1. The summed E-state index contributed by atoms with van der Waals surface area (Å²) in [6.07, 6.45) is 4.73. The summed E-state index contributed by atoms with van der Waals surface area (Å²) in [6, 6.07) is 17.3. The van der Waals surface area contributed by atoms with Crippen LogP contribution in [0.2, 0.25) is 0 Å². The molecule has 3 N–H and O–H groups in total. The first kappa shape index (κ1) is 23.7. The van der Waals surface area contributed by atoms with E-state index in [-0.39, 0.29) is 11.2 Å². The fraction of sp³-hybridized carbons (Fsp3) is 0.231. The monoisotopic (exact) mass is 473 g/mol. The topological polar surface area (TPSA) is 100 Å². The molecule has 34 heavy (non-hydrogen) atoms. The number of aromatic nitrogens is 3. The SMILES string of the molecule is CNC(=O)c1ccnc2c(C(CNc3cc(-c4cccc(C(C)O)c4)ncn3)SC)cccc12. The van der Waals surface area contributed by atoms with Gasteiger partial charge in [0.25, 0.3) is 5.91 Å². The Morgan fingerprint density at radius 3 is 2.68 bits per heavy atom. The Kier molecular flexibility index (Phi) is 7.40. The molecule has 0 saturated carbocycles. The van der Waals surface area contributed by atoms with Gasteiger partial charge in [0.15, 0.2) is 0 Å². The molecule has 0 radical (unpaired) electrons. The Bertz CT molecular complexity index is 1310. The van der Waals surface area contributed by atoms with Gasteiger partial charge in [0, 0.05) is 42.1 Å². The van der Waals surface area contributed by atoms with Gasteiger partial charge in [-0.05, 0) is 36.4 Å². The van der Waals surface area contributed by atoms with E-state index < -0.39 is 6.10 Å². The molecular weight excluding hydrogens is 446 g/mol. The number of nitrogens with one attached hydrogen (secondary N) is 2. The molecule has 7 nitrogen and oxygen atoms in total. The second-order valence-electron chi connectivity index (χ2n) is 7.88. The maximum absolute atomic E-state index is 12.3. The van der Waals surface area contributed by atoms with Gasteiger partial charge in [-0.1, -0.05) is 36.4 Å². The number of nitrogens with zero attached hydrogens (tertiary/aromatic N) is 3. The molecule has 0 aliphatic rings. The van der Waals surface area contributed by atoms with Crippen molar-refractivity contribution in [2.45, 2.75) is 18.3 Å². The first-order valence-electron chi connectivity index (χ1n) is 11.0. The number of aliphatic hydroxyl groups is 1. The maximum atomic E-state index is 12.3. The lowest BCUT2D eigenvalue weighted by molar-refractivity contribution is 0.0964. The normalized spacial score (nSPS) is 12.8. The van der Waals surface area contributed by atoms with Crippen molar-refractivity contribution in [2.24, 2.45) is 0 Å². The summed E-state index contributed by atoms with van der Waals surface area (Å²) in [6.45, 7) is 2.37. The van der Waals surface area contributed by atoms with Gasteiger partial charge in [-0.2, -0.15) is 11.8 Å². The van der Waals surface area contributed by atoms with Crippen LogP contribution in [0.3, 0.4) is 0 Å². The van der Waals surface area contributed by atoms with Crippen molar-refractivity contribution in [3.63, 3.8) is 0 Å². The minimum absolute atomic E-state index is 0.0909. The van der Waals surface area contributed by atoms with Crippen molar-refractivity contribution in [1.82, 2.24) is 20.3 Å². The van der Waals surface area contributed by atoms with Crippen LogP contribution in [0.25, 0.3) is 22.2 Å². The number of pyridine rings is 1. The van der Waals surface area contributed by atoms with E-state index in [1.807, 2.05) is 42.5 Å². The predicted octanol–water partition coefficient (Wildman–Crippen LogP) is 4.62. The second kappa shape index (κ2) is 10.6. The van der Waals surface area contributed by atoms with Crippen LogP contribution in [0.4, 0.5) is 5.82 Å². The quantitative estimate of drug-likeness (QED) is 0.343. The van der Waals surface area contributed by atoms with Crippen LogP contribution < -0.4 is 10.6 Å². The number of amides is 1. The summed E-state index contributed by atoms with van der Waals surface area (Å²) in [5.41, 5.74) is 5.04. The molecule has 0 fully saturated rings. The van der Waals surface area contributed by atoms with Crippen LogP contribution in [0.15, 0.2) is 67.1 Å². The van der Waals surface area contributed by atoms with E-state index in [1.54, 1.807) is 38.0 Å². The summed E-state index contributed by atoms with van der Waals surface area (Å²) >= 11 is 1.71. The van der Waals surface area contributed by atoms with E-state index >= 15 is 0 Å². The summed E-state index contributed by atoms with van der Waals surface area (Å²) < 4.78 is 0. The lowest BCUT2D eigenvalue weighted by atomic mass is 10.0. The second-order valence-corrected chi connectivity index (χ2v) is 8.92. The fourth-order valence-corrected chi connectivity index (χ4v) is 4.57. The molecule has 8 heteroatoms. The molecule has 0 aliphatic heterocycles. The van der Waals surface area contributed by atoms with E-state index in [4.69, 9.17) is 0 Å². The summed E-state index contributed by atoms with van der Waals surface area (Å²) in [7, 11) is 1.63. The molecule has 2 aromatic carbocycles. The Balaban J connectivity index is 1.58. The standard InChI is InChI=1S/C26H27N5O2S/c1-16(32)17-6-4-7-18(12-17)22-13-24(31-15-30-22)29-14-23(34-3)21-9-5-8-19-20(26(33)27-2)10-11-28-25(19)21/h4-13,15-16,23,32H,14H2,1-3H3,(H,27,33)(H,29,30,31). The van der Waals surface area contributed by atoms with Gasteiger partial charge in [0.05, 0.1) is 22.9 Å². The molecule has 0 spiro atoms. The molecule has 2 unspecified atom stereocenters. The summed E-state index contributed by atoms with van der Waals surface area (Å²) in [5.74, 6) is 0.585. The predicted molar refractivity (Wildman–Crippen MR) is 138 cm³/mol. The van der Waals surface area contributed by atoms with Gasteiger partial charge in [-0.15, -0.1) is 0 Å². The number of carbonyl (C=O) groups excluding carboxylic acids is 1. The van der Waals surface area contributed by atoms with E-state index in [0.29, 0.717) is 17.9 Å². The van der Waals surface area contributed by atoms with Crippen LogP contribution >= 0.6 is 11.8 Å². The van der Waals surface area contributed by atoms with Crippen molar-refractivity contribution >= 4 is 34.4 Å². The average molecular weight is 474 g/mol.